The van der Waals surface area contributed by atoms with Gasteiger partial charge in [0.1, 0.15) is 0 Å². The lowest BCUT2D eigenvalue weighted by atomic mass is 10.1. The number of nitrogens with two attached hydrogens (primary N) is 1. The molecule has 106 valence electrons. The lowest BCUT2D eigenvalue weighted by Crippen LogP contribution is -2.10. The van der Waals surface area contributed by atoms with E-state index in [9.17, 15) is 8.42 Å². The molecule has 3 N–H and O–H groups in total. The van der Waals surface area contributed by atoms with Gasteiger partial charge in [-0.2, -0.15) is 0 Å². The molecule has 0 amide bonds. The molecule has 0 aliphatic carbocycles. The molecule has 4 nitrogen and oxygen atoms in total. The minimum Gasteiger partial charge on any atom is -0.399 e. The second-order valence-corrected chi connectivity index (χ2v) is 6.79. The highest BCUT2D eigenvalue weighted by Crippen LogP contribution is 2.25. The van der Waals surface area contributed by atoms with Crippen LogP contribution in [0.15, 0.2) is 53.4 Å². The second kappa shape index (κ2) is 5.54. The maximum Gasteiger partial charge on any atom is 0.177 e. The van der Waals surface area contributed by atoms with E-state index < -0.39 is 9.84 Å². The van der Waals surface area contributed by atoms with Crippen LogP contribution in [0, 0.1) is 0 Å². The maximum absolute atomic E-state index is 11.8. The molecular weight excluding hydrogens is 272 g/mol. The summed E-state index contributed by atoms with van der Waals surface area (Å²) < 4.78 is 23.5. The summed E-state index contributed by atoms with van der Waals surface area (Å²) in [5.74, 6) is 0. The largest absolute Gasteiger partial charge is 0.399 e. The van der Waals surface area contributed by atoms with Gasteiger partial charge in [-0.15, -0.1) is 0 Å². The van der Waals surface area contributed by atoms with Crippen LogP contribution in [0.2, 0.25) is 0 Å². The highest BCUT2D eigenvalue weighted by atomic mass is 32.2. The van der Waals surface area contributed by atoms with Crippen LogP contribution >= 0.6 is 0 Å². The molecule has 0 radical (unpaired) electrons. The van der Waals surface area contributed by atoms with E-state index in [-0.39, 0.29) is 6.04 Å². The summed E-state index contributed by atoms with van der Waals surface area (Å²) in [6, 6.07) is 14.4. The molecule has 1 atom stereocenters. The minimum atomic E-state index is -3.25. The van der Waals surface area contributed by atoms with Crippen molar-refractivity contribution in [3.63, 3.8) is 0 Å². The van der Waals surface area contributed by atoms with Crippen molar-refractivity contribution in [1.82, 2.24) is 0 Å². The van der Waals surface area contributed by atoms with Gasteiger partial charge in [-0.1, -0.05) is 24.3 Å². The lowest BCUT2D eigenvalue weighted by molar-refractivity contribution is 0.602. The van der Waals surface area contributed by atoms with Crippen molar-refractivity contribution in [2.45, 2.75) is 17.9 Å². The monoisotopic (exact) mass is 290 g/mol. The summed E-state index contributed by atoms with van der Waals surface area (Å²) in [4.78, 5) is 0.308. The van der Waals surface area contributed by atoms with Crippen LogP contribution < -0.4 is 11.1 Å². The summed E-state index contributed by atoms with van der Waals surface area (Å²) in [5.41, 5.74) is 8.02. The number of sulfone groups is 1. The van der Waals surface area contributed by atoms with Gasteiger partial charge < -0.3 is 11.1 Å². The zero-order valence-electron chi connectivity index (χ0n) is 11.5. The maximum atomic E-state index is 11.8. The molecule has 2 aromatic rings. The first-order valence-corrected chi connectivity index (χ1v) is 8.18. The molecule has 20 heavy (non-hydrogen) atoms. The van der Waals surface area contributed by atoms with Gasteiger partial charge in [-0.05, 0) is 36.8 Å². The highest BCUT2D eigenvalue weighted by molar-refractivity contribution is 7.90. The molecule has 5 heteroatoms. The van der Waals surface area contributed by atoms with Crippen LogP contribution in [0.3, 0.4) is 0 Å². The third-order valence-corrected chi connectivity index (χ3v) is 4.25. The van der Waals surface area contributed by atoms with Crippen LogP contribution in [0.25, 0.3) is 0 Å². The molecule has 0 fully saturated rings. The number of anilines is 2. The third kappa shape index (κ3) is 3.30. The zero-order valence-corrected chi connectivity index (χ0v) is 12.3. The number of para-hydroxylation sites is 1. The van der Waals surface area contributed by atoms with Crippen molar-refractivity contribution in [1.29, 1.82) is 0 Å². The van der Waals surface area contributed by atoms with Crippen molar-refractivity contribution >= 4 is 21.2 Å². The van der Waals surface area contributed by atoms with Crippen molar-refractivity contribution in [2.75, 3.05) is 17.3 Å². The fraction of sp³-hybridized carbons (Fsp3) is 0.200. The minimum absolute atomic E-state index is 0.0153. The number of nitrogens with one attached hydrogen (secondary N) is 1. The van der Waals surface area contributed by atoms with Crippen LogP contribution in [0.4, 0.5) is 11.4 Å². The normalized spacial score (nSPS) is 12.9. The smallest absolute Gasteiger partial charge is 0.177 e. The van der Waals surface area contributed by atoms with Gasteiger partial charge in [0.15, 0.2) is 9.84 Å². The van der Waals surface area contributed by atoms with E-state index >= 15 is 0 Å². The topological polar surface area (TPSA) is 72.2 Å². The molecule has 0 saturated heterocycles. The molecule has 0 spiro atoms. The first-order valence-electron chi connectivity index (χ1n) is 6.29. The summed E-state index contributed by atoms with van der Waals surface area (Å²) >= 11 is 0. The molecule has 0 aliphatic rings. The molecule has 2 rings (SSSR count). The van der Waals surface area contributed by atoms with Crippen LogP contribution in [-0.2, 0) is 9.84 Å². The molecule has 2 aromatic carbocycles. The van der Waals surface area contributed by atoms with E-state index in [1.807, 2.05) is 37.3 Å². The SMILES string of the molecule is CC(Nc1ccccc1S(C)(=O)=O)c1ccc(N)cc1. The number of rotatable bonds is 4. The lowest BCUT2D eigenvalue weighted by Gasteiger charge is -2.18. The van der Waals surface area contributed by atoms with Crippen LogP contribution in [0.5, 0.6) is 0 Å². The van der Waals surface area contributed by atoms with E-state index in [1.165, 1.54) is 6.26 Å². The zero-order chi connectivity index (χ0) is 14.8. The van der Waals surface area contributed by atoms with Gasteiger partial charge in [0.05, 0.1) is 10.6 Å². The molecule has 0 saturated carbocycles. The average molecular weight is 290 g/mol. The van der Waals surface area contributed by atoms with E-state index in [1.54, 1.807) is 18.2 Å². The Kier molecular flexibility index (Phi) is 3.99. The summed E-state index contributed by atoms with van der Waals surface area (Å²) in [6.45, 7) is 1.98. The molecule has 1 unspecified atom stereocenters. The van der Waals surface area contributed by atoms with Gasteiger partial charge in [0, 0.05) is 18.0 Å². The van der Waals surface area contributed by atoms with Crippen molar-refractivity contribution < 1.29 is 8.42 Å². The molecule has 0 bridgehead atoms. The van der Waals surface area contributed by atoms with Gasteiger partial charge in [-0.3, -0.25) is 0 Å². The van der Waals surface area contributed by atoms with E-state index in [2.05, 4.69) is 5.32 Å². The summed E-state index contributed by atoms with van der Waals surface area (Å²) in [5, 5.41) is 3.23. The van der Waals surface area contributed by atoms with Crippen molar-refractivity contribution in [2.24, 2.45) is 0 Å². The van der Waals surface area contributed by atoms with E-state index in [4.69, 9.17) is 5.73 Å². The predicted molar refractivity (Wildman–Crippen MR) is 82.4 cm³/mol. The molecular formula is C15H18N2O2S. The number of hydrogen-bond donors (Lipinski definition) is 2. The Labute approximate surface area is 119 Å². The average Bonchev–Trinajstić information content (AvgIpc) is 2.38. The Morgan fingerprint density at radius 3 is 2.25 bits per heavy atom. The Bertz CT molecular complexity index is 694. The second-order valence-electron chi connectivity index (χ2n) is 4.80. The van der Waals surface area contributed by atoms with Gasteiger partial charge in [-0.25, -0.2) is 8.42 Å². The predicted octanol–water partition coefficient (Wildman–Crippen LogP) is 2.85. The van der Waals surface area contributed by atoms with Crippen molar-refractivity contribution in [3.05, 3.63) is 54.1 Å². The standard InChI is InChI=1S/C15H18N2O2S/c1-11(12-7-9-13(16)10-8-12)17-14-5-3-4-6-15(14)20(2,18)19/h3-11,17H,16H2,1-2H3. The van der Waals surface area contributed by atoms with Gasteiger partial charge >= 0.3 is 0 Å². The van der Waals surface area contributed by atoms with E-state index in [0.29, 0.717) is 16.3 Å². The van der Waals surface area contributed by atoms with Gasteiger partial charge in [0.25, 0.3) is 0 Å². The fourth-order valence-corrected chi connectivity index (χ4v) is 2.86. The molecule has 0 heterocycles. The summed E-state index contributed by atoms with van der Waals surface area (Å²) in [7, 11) is -3.25. The first kappa shape index (κ1) is 14.4. The quantitative estimate of drug-likeness (QED) is 0.849. The van der Waals surface area contributed by atoms with Crippen LogP contribution in [-0.4, -0.2) is 14.7 Å². The van der Waals surface area contributed by atoms with Crippen LogP contribution in [0.1, 0.15) is 18.5 Å². The number of benzene rings is 2. The first-order chi connectivity index (χ1) is 9.38. The summed E-state index contributed by atoms with van der Waals surface area (Å²) in [6.07, 6.45) is 1.21. The Hall–Kier alpha value is -2.01. The third-order valence-electron chi connectivity index (χ3n) is 3.10. The highest BCUT2D eigenvalue weighted by Gasteiger charge is 2.14. The Balaban J connectivity index is 2.28. The molecule has 0 aliphatic heterocycles. The molecule has 0 aromatic heterocycles. The van der Waals surface area contributed by atoms with E-state index in [0.717, 1.165) is 5.56 Å². The number of nitrogen functional groups attached to an aromatic ring is 1. The van der Waals surface area contributed by atoms with Crippen molar-refractivity contribution in [3.8, 4) is 0 Å². The Morgan fingerprint density at radius 2 is 1.65 bits per heavy atom. The number of hydrogen-bond acceptors (Lipinski definition) is 4. The Morgan fingerprint density at radius 1 is 1.05 bits per heavy atom. The fourth-order valence-electron chi connectivity index (χ4n) is 2.01. The van der Waals surface area contributed by atoms with Gasteiger partial charge in [0.2, 0.25) is 0 Å².